The van der Waals surface area contributed by atoms with Gasteiger partial charge in [0.1, 0.15) is 27.2 Å². The molecule has 0 spiro atoms. The van der Waals surface area contributed by atoms with Crippen molar-refractivity contribution in [1.29, 1.82) is 5.26 Å². The predicted octanol–water partition coefficient (Wildman–Crippen LogP) is 3.59. The van der Waals surface area contributed by atoms with Crippen LogP contribution in [0.4, 0.5) is 11.5 Å². The molecule has 1 atom stereocenters. The number of carbonyl (C=O) groups is 1. The molecule has 3 aromatic rings. The van der Waals surface area contributed by atoms with Crippen LogP contribution in [0.25, 0.3) is 21.3 Å². The van der Waals surface area contributed by atoms with Crippen molar-refractivity contribution in [2.75, 3.05) is 11.5 Å². The van der Waals surface area contributed by atoms with Gasteiger partial charge in [-0.05, 0) is 35.7 Å². The minimum Gasteiger partial charge on any atom is -0.397 e. The van der Waals surface area contributed by atoms with Crippen LogP contribution in [0.3, 0.4) is 0 Å². The van der Waals surface area contributed by atoms with E-state index in [1.54, 1.807) is 0 Å². The molecule has 8 heteroatoms. The fraction of sp³-hybridized carbons (Fsp3) is 0.235. The van der Waals surface area contributed by atoms with Gasteiger partial charge in [-0.15, -0.1) is 11.3 Å². The number of anilines is 2. The van der Waals surface area contributed by atoms with Gasteiger partial charge >= 0.3 is 0 Å². The number of fused-ring (bicyclic) bond motifs is 1. The molecular weight excluding hydrogens is 354 g/mol. The first-order chi connectivity index (χ1) is 12.0. The molecule has 0 aliphatic carbocycles. The predicted molar refractivity (Wildman–Crippen MR) is 104 cm³/mol. The van der Waals surface area contributed by atoms with Gasteiger partial charge in [0.05, 0.1) is 5.69 Å². The molecular formula is C17H17N5OS2. The molecule has 0 fully saturated rings. The minimum absolute atomic E-state index is 0.0427. The fourth-order valence-electron chi connectivity index (χ4n) is 2.54. The minimum atomic E-state index is -0.233. The van der Waals surface area contributed by atoms with Crippen molar-refractivity contribution in [3.05, 3.63) is 27.3 Å². The number of nitrogens with two attached hydrogens (primary N) is 2. The molecule has 128 valence electrons. The summed E-state index contributed by atoms with van der Waals surface area (Å²) in [6.07, 6.45) is 0.820. The molecule has 5 N–H and O–H groups in total. The molecule has 0 bridgehead atoms. The molecule has 0 aromatic carbocycles. The number of nitrogen functional groups attached to an aromatic ring is 2. The lowest BCUT2D eigenvalue weighted by Crippen LogP contribution is -2.31. The summed E-state index contributed by atoms with van der Waals surface area (Å²) in [6.45, 7) is 3.93. The van der Waals surface area contributed by atoms with E-state index in [0.717, 1.165) is 12.0 Å². The highest BCUT2D eigenvalue weighted by atomic mass is 32.1. The Morgan fingerprint density at radius 3 is 2.84 bits per heavy atom. The van der Waals surface area contributed by atoms with Crippen LogP contribution < -0.4 is 16.8 Å². The third-order valence-electron chi connectivity index (χ3n) is 4.02. The summed E-state index contributed by atoms with van der Waals surface area (Å²) in [5, 5.41) is 16.9. The van der Waals surface area contributed by atoms with Crippen molar-refractivity contribution < 1.29 is 4.79 Å². The molecule has 0 aliphatic heterocycles. The molecule has 3 rings (SSSR count). The Bertz CT molecular complexity index is 985. The van der Waals surface area contributed by atoms with Gasteiger partial charge in [-0.3, -0.25) is 4.79 Å². The normalized spacial score (nSPS) is 12.0. The highest BCUT2D eigenvalue weighted by molar-refractivity contribution is 7.21. The maximum Gasteiger partial charge on any atom is 0.263 e. The average molecular weight is 371 g/mol. The van der Waals surface area contributed by atoms with E-state index in [2.05, 4.69) is 16.4 Å². The van der Waals surface area contributed by atoms with Crippen LogP contribution in [0.15, 0.2) is 16.8 Å². The number of amides is 1. The molecule has 0 saturated heterocycles. The average Bonchev–Trinajstić information content (AvgIpc) is 3.22. The number of nitrogens with one attached hydrogen (secondary N) is 1. The van der Waals surface area contributed by atoms with Crippen LogP contribution in [0.2, 0.25) is 0 Å². The van der Waals surface area contributed by atoms with E-state index in [1.165, 1.54) is 22.7 Å². The van der Waals surface area contributed by atoms with Gasteiger partial charge in [0.2, 0.25) is 0 Å². The van der Waals surface area contributed by atoms with Gasteiger partial charge in [0.25, 0.3) is 5.91 Å². The molecule has 3 heterocycles. The lowest BCUT2D eigenvalue weighted by Gasteiger charge is -2.10. The van der Waals surface area contributed by atoms with Crippen LogP contribution in [0.5, 0.6) is 0 Å². The number of hydrogen-bond donors (Lipinski definition) is 3. The van der Waals surface area contributed by atoms with E-state index in [0.29, 0.717) is 26.3 Å². The Balaban J connectivity index is 2.27. The number of nitrogens with zero attached hydrogens (tertiary/aromatic N) is 2. The Morgan fingerprint density at radius 2 is 2.24 bits per heavy atom. The molecule has 1 amide bonds. The Hall–Kier alpha value is -2.63. The van der Waals surface area contributed by atoms with Crippen molar-refractivity contribution in [3.63, 3.8) is 0 Å². The van der Waals surface area contributed by atoms with Crippen molar-refractivity contribution >= 4 is 50.3 Å². The summed E-state index contributed by atoms with van der Waals surface area (Å²) in [4.78, 5) is 17.8. The first kappa shape index (κ1) is 17.2. The Kier molecular flexibility index (Phi) is 4.61. The number of aromatic nitrogens is 1. The zero-order valence-electron chi connectivity index (χ0n) is 13.8. The smallest absolute Gasteiger partial charge is 0.263 e. The molecule has 6 nitrogen and oxygen atoms in total. The lowest BCUT2D eigenvalue weighted by molar-refractivity contribution is 0.0944. The number of carbonyl (C=O) groups excluding carboxylic acids is 1. The fourth-order valence-corrected chi connectivity index (χ4v) is 4.20. The van der Waals surface area contributed by atoms with Gasteiger partial charge in [-0.2, -0.15) is 16.6 Å². The first-order valence-corrected chi connectivity index (χ1v) is 9.48. The summed E-state index contributed by atoms with van der Waals surface area (Å²) in [7, 11) is 0. The molecule has 0 radical (unpaired) electrons. The third kappa shape index (κ3) is 2.92. The maximum atomic E-state index is 12.5. The van der Waals surface area contributed by atoms with Crippen molar-refractivity contribution in [2.24, 2.45) is 0 Å². The number of nitriles is 1. The number of pyridine rings is 1. The second kappa shape index (κ2) is 6.70. The summed E-state index contributed by atoms with van der Waals surface area (Å²) in [5.41, 5.74) is 14.4. The highest BCUT2D eigenvalue weighted by Crippen LogP contribution is 2.43. The van der Waals surface area contributed by atoms with Gasteiger partial charge in [-0.25, -0.2) is 4.98 Å². The zero-order chi connectivity index (χ0) is 18.1. The molecule has 0 saturated carbocycles. The van der Waals surface area contributed by atoms with Crippen LogP contribution in [-0.4, -0.2) is 16.9 Å². The summed E-state index contributed by atoms with van der Waals surface area (Å²) >= 11 is 2.71. The van der Waals surface area contributed by atoms with E-state index in [1.807, 2.05) is 30.7 Å². The lowest BCUT2D eigenvalue weighted by atomic mass is 9.99. The standard InChI is InChI=1S/C17H17N5OS2/c1-3-8(2)21-16(23)14-13(19)12-11(9-4-5-24-7-9)10(6-18)15(20)22-17(12)25-14/h4-5,7-8H,3,19H2,1-2H3,(H2,20,22)(H,21,23). The molecule has 25 heavy (non-hydrogen) atoms. The van der Waals surface area contributed by atoms with Crippen molar-refractivity contribution in [1.82, 2.24) is 10.3 Å². The van der Waals surface area contributed by atoms with Crippen molar-refractivity contribution in [2.45, 2.75) is 26.3 Å². The van der Waals surface area contributed by atoms with Crippen LogP contribution in [0, 0.1) is 11.3 Å². The van der Waals surface area contributed by atoms with Gasteiger partial charge in [0.15, 0.2) is 0 Å². The summed E-state index contributed by atoms with van der Waals surface area (Å²) < 4.78 is 0. The van der Waals surface area contributed by atoms with Gasteiger partial charge in [-0.1, -0.05) is 6.92 Å². The highest BCUT2D eigenvalue weighted by Gasteiger charge is 2.24. The third-order valence-corrected chi connectivity index (χ3v) is 5.80. The monoisotopic (exact) mass is 371 g/mol. The van der Waals surface area contributed by atoms with E-state index >= 15 is 0 Å². The second-order valence-corrected chi connectivity index (χ2v) is 7.46. The van der Waals surface area contributed by atoms with Crippen LogP contribution in [0.1, 0.15) is 35.5 Å². The quantitative estimate of drug-likeness (QED) is 0.648. The van der Waals surface area contributed by atoms with E-state index < -0.39 is 0 Å². The van der Waals surface area contributed by atoms with Crippen molar-refractivity contribution in [3.8, 4) is 17.2 Å². The summed E-state index contributed by atoms with van der Waals surface area (Å²) in [6, 6.07) is 4.06. The van der Waals surface area contributed by atoms with Crippen LogP contribution in [-0.2, 0) is 0 Å². The molecule has 1 unspecified atom stereocenters. The maximum absolute atomic E-state index is 12.5. The largest absolute Gasteiger partial charge is 0.397 e. The zero-order valence-corrected chi connectivity index (χ0v) is 15.4. The first-order valence-electron chi connectivity index (χ1n) is 7.72. The van der Waals surface area contributed by atoms with E-state index in [4.69, 9.17) is 11.5 Å². The number of rotatable bonds is 4. The number of thiophene rings is 2. The Labute approximate surface area is 153 Å². The second-order valence-electron chi connectivity index (χ2n) is 5.68. The van der Waals surface area contributed by atoms with E-state index in [9.17, 15) is 10.1 Å². The van der Waals surface area contributed by atoms with Crippen LogP contribution >= 0.6 is 22.7 Å². The topological polar surface area (TPSA) is 118 Å². The summed E-state index contributed by atoms with van der Waals surface area (Å²) in [5.74, 6) is -0.0884. The molecule has 3 aromatic heterocycles. The molecule has 0 aliphatic rings. The van der Waals surface area contributed by atoms with Gasteiger partial charge in [0, 0.05) is 17.0 Å². The van der Waals surface area contributed by atoms with Gasteiger partial charge < -0.3 is 16.8 Å². The SMILES string of the molecule is CCC(C)NC(=O)c1sc2nc(N)c(C#N)c(-c3ccsc3)c2c1N. The Morgan fingerprint density at radius 1 is 1.48 bits per heavy atom. The van der Waals surface area contributed by atoms with E-state index in [-0.39, 0.29) is 23.3 Å². The number of hydrogen-bond acceptors (Lipinski definition) is 7.